The number of aromatic carboxylic acids is 1. The molecule has 1 amide bonds. The zero-order valence-corrected chi connectivity index (χ0v) is 11.6. The van der Waals surface area contributed by atoms with E-state index in [4.69, 9.17) is 14.3 Å². The zero-order valence-electron chi connectivity index (χ0n) is 11.6. The first-order valence-corrected chi connectivity index (χ1v) is 7.07. The summed E-state index contributed by atoms with van der Waals surface area (Å²) in [6.07, 6.45) is 2.08. The van der Waals surface area contributed by atoms with Crippen LogP contribution in [-0.4, -0.2) is 53.7 Å². The summed E-state index contributed by atoms with van der Waals surface area (Å²) in [5, 5.41) is 11.8. The Morgan fingerprint density at radius 3 is 2.86 bits per heavy atom. The molecule has 1 saturated carbocycles. The molecule has 0 bridgehead atoms. The highest BCUT2D eigenvalue weighted by atomic mass is 16.5. The van der Waals surface area contributed by atoms with E-state index in [1.54, 1.807) is 6.07 Å². The van der Waals surface area contributed by atoms with Crippen molar-refractivity contribution in [3.05, 3.63) is 23.7 Å². The van der Waals surface area contributed by atoms with Gasteiger partial charge in [-0.2, -0.15) is 0 Å². The molecule has 1 saturated heterocycles. The van der Waals surface area contributed by atoms with Crippen LogP contribution in [0.25, 0.3) is 0 Å². The molecule has 0 spiro atoms. The second-order valence-corrected chi connectivity index (χ2v) is 5.42. The fourth-order valence-electron chi connectivity index (χ4n) is 2.37. The Labute approximate surface area is 121 Å². The third-order valence-electron chi connectivity index (χ3n) is 3.70. The average Bonchev–Trinajstić information content (AvgIpc) is 3.14. The van der Waals surface area contributed by atoms with E-state index in [-0.39, 0.29) is 17.7 Å². The summed E-state index contributed by atoms with van der Waals surface area (Å²) in [4.78, 5) is 25.0. The number of ether oxygens (including phenoxy) is 1. The predicted octanol–water partition coefficient (Wildman–Crippen LogP) is 0.457. The zero-order chi connectivity index (χ0) is 14.8. The average molecular weight is 294 g/mol. The van der Waals surface area contributed by atoms with Gasteiger partial charge in [-0.3, -0.25) is 9.69 Å². The number of nitrogens with zero attached hydrogens (tertiary/aromatic N) is 1. The van der Waals surface area contributed by atoms with E-state index >= 15 is 0 Å². The Hall–Kier alpha value is -1.86. The van der Waals surface area contributed by atoms with Gasteiger partial charge in [0.1, 0.15) is 11.8 Å². The lowest BCUT2D eigenvalue weighted by Crippen LogP contribution is -2.53. The molecule has 2 N–H and O–H groups in total. The van der Waals surface area contributed by atoms with Gasteiger partial charge < -0.3 is 19.6 Å². The highest BCUT2D eigenvalue weighted by Crippen LogP contribution is 2.20. The summed E-state index contributed by atoms with van der Waals surface area (Å²) in [5.74, 6) is -0.663. The van der Waals surface area contributed by atoms with Crippen molar-refractivity contribution < 1.29 is 23.8 Å². The third kappa shape index (κ3) is 3.43. The molecule has 1 aliphatic heterocycles. The van der Waals surface area contributed by atoms with Crippen molar-refractivity contribution in [2.75, 3.05) is 19.8 Å². The van der Waals surface area contributed by atoms with E-state index in [1.807, 2.05) is 4.90 Å². The van der Waals surface area contributed by atoms with Crippen LogP contribution in [0, 0.1) is 0 Å². The monoisotopic (exact) mass is 294 g/mol. The van der Waals surface area contributed by atoms with Gasteiger partial charge >= 0.3 is 5.97 Å². The molecule has 21 heavy (non-hydrogen) atoms. The van der Waals surface area contributed by atoms with E-state index in [9.17, 15) is 9.59 Å². The summed E-state index contributed by atoms with van der Waals surface area (Å²) in [7, 11) is 0. The van der Waals surface area contributed by atoms with Gasteiger partial charge in [-0.05, 0) is 25.0 Å². The maximum Gasteiger partial charge on any atom is 0.371 e. The lowest BCUT2D eigenvalue weighted by Gasteiger charge is -2.33. The SMILES string of the molecule is O=C(O)c1ccc(CN2CCOCC2C(=O)NC2CC2)o1. The van der Waals surface area contributed by atoms with E-state index in [0.29, 0.717) is 38.1 Å². The summed E-state index contributed by atoms with van der Waals surface area (Å²) in [6, 6.07) is 3.02. The second kappa shape index (κ2) is 5.87. The molecule has 1 unspecified atom stereocenters. The van der Waals surface area contributed by atoms with Crippen LogP contribution in [0.15, 0.2) is 16.5 Å². The Morgan fingerprint density at radius 1 is 1.38 bits per heavy atom. The molecule has 7 nitrogen and oxygen atoms in total. The number of morpholine rings is 1. The number of hydrogen-bond acceptors (Lipinski definition) is 5. The van der Waals surface area contributed by atoms with Crippen LogP contribution in [0.4, 0.5) is 0 Å². The van der Waals surface area contributed by atoms with Crippen molar-refractivity contribution in [3.8, 4) is 0 Å². The highest BCUT2D eigenvalue weighted by molar-refractivity contribution is 5.84. The minimum absolute atomic E-state index is 0.0257. The van der Waals surface area contributed by atoms with Crippen molar-refractivity contribution in [2.45, 2.75) is 31.5 Å². The van der Waals surface area contributed by atoms with Crippen LogP contribution < -0.4 is 5.32 Å². The smallest absolute Gasteiger partial charge is 0.371 e. The highest BCUT2D eigenvalue weighted by Gasteiger charge is 2.33. The molecule has 114 valence electrons. The third-order valence-corrected chi connectivity index (χ3v) is 3.70. The molecule has 7 heteroatoms. The molecule has 2 heterocycles. The maximum absolute atomic E-state index is 12.2. The van der Waals surface area contributed by atoms with Gasteiger partial charge in [0.05, 0.1) is 19.8 Å². The lowest BCUT2D eigenvalue weighted by molar-refractivity contribution is -0.133. The van der Waals surface area contributed by atoms with Crippen LogP contribution in [0.2, 0.25) is 0 Å². The normalized spacial score (nSPS) is 23.0. The number of carboxylic acid groups (broad SMARTS) is 1. The first-order valence-electron chi connectivity index (χ1n) is 7.07. The van der Waals surface area contributed by atoms with Crippen molar-refractivity contribution in [2.24, 2.45) is 0 Å². The molecule has 0 aromatic carbocycles. The van der Waals surface area contributed by atoms with Gasteiger partial charge in [0.25, 0.3) is 0 Å². The first kappa shape index (κ1) is 14.1. The van der Waals surface area contributed by atoms with Crippen molar-refractivity contribution >= 4 is 11.9 Å². The molecule has 0 radical (unpaired) electrons. The summed E-state index contributed by atoms with van der Waals surface area (Å²) >= 11 is 0. The van der Waals surface area contributed by atoms with Crippen molar-refractivity contribution in [1.82, 2.24) is 10.2 Å². The van der Waals surface area contributed by atoms with Crippen LogP contribution in [0.1, 0.15) is 29.2 Å². The topological polar surface area (TPSA) is 92.0 Å². The number of hydrogen-bond donors (Lipinski definition) is 2. The van der Waals surface area contributed by atoms with Crippen LogP contribution in [-0.2, 0) is 16.1 Å². The summed E-state index contributed by atoms with van der Waals surface area (Å²) < 4.78 is 10.6. The minimum atomic E-state index is -1.09. The molecule has 1 aromatic rings. The van der Waals surface area contributed by atoms with E-state index < -0.39 is 5.97 Å². The fraction of sp³-hybridized carbons (Fsp3) is 0.571. The van der Waals surface area contributed by atoms with Gasteiger partial charge in [-0.25, -0.2) is 4.79 Å². The van der Waals surface area contributed by atoms with Crippen LogP contribution in [0.3, 0.4) is 0 Å². The number of carbonyl (C=O) groups is 2. The van der Waals surface area contributed by atoms with Gasteiger partial charge in [-0.15, -0.1) is 0 Å². The second-order valence-electron chi connectivity index (χ2n) is 5.42. The summed E-state index contributed by atoms with van der Waals surface area (Å²) in [5.41, 5.74) is 0. The molecular weight excluding hydrogens is 276 g/mol. The molecular formula is C14H18N2O5. The van der Waals surface area contributed by atoms with E-state index in [1.165, 1.54) is 6.07 Å². The predicted molar refractivity (Wildman–Crippen MR) is 71.8 cm³/mol. The van der Waals surface area contributed by atoms with Crippen LogP contribution in [0.5, 0.6) is 0 Å². The minimum Gasteiger partial charge on any atom is -0.475 e. The Kier molecular flexibility index (Phi) is 3.94. The number of carbonyl (C=O) groups excluding carboxylic acids is 1. The molecule has 3 rings (SSSR count). The molecule has 2 aliphatic rings. The Balaban J connectivity index is 1.65. The number of rotatable bonds is 5. The molecule has 1 atom stereocenters. The standard InChI is InChI=1S/C14H18N2O5/c17-13(15-9-1-2-9)11-8-20-6-5-16(11)7-10-3-4-12(21-10)14(18)19/h3-4,9,11H,1-2,5-8H2,(H,15,17)(H,18,19). The first-order chi connectivity index (χ1) is 10.1. The van der Waals surface area contributed by atoms with Gasteiger partial charge in [-0.1, -0.05) is 0 Å². The van der Waals surface area contributed by atoms with E-state index in [0.717, 1.165) is 12.8 Å². The van der Waals surface area contributed by atoms with Gasteiger partial charge in [0.2, 0.25) is 11.7 Å². The number of carboxylic acids is 1. The van der Waals surface area contributed by atoms with E-state index in [2.05, 4.69) is 5.32 Å². The molecule has 2 fully saturated rings. The quantitative estimate of drug-likeness (QED) is 0.819. The van der Waals surface area contributed by atoms with Gasteiger partial charge in [0.15, 0.2) is 0 Å². The number of nitrogens with one attached hydrogen (secondary N) is 1. The lowest BCUT2D eigenvalue weighted by atomic mass is 10.2. The summed E-state index contributed by atoms with van der Waals surface area (Å²) in [6.45, 7) is 1.93. The molecule has 1 aromatic heterocycles. The maximum atomic E-state index is 12.2. The Morgan fingerprint density at radius 2 is 2.19 bits per heavy atom. The Bertz CT molecular complexity index is 537. The van der Waals surface area contributed by atoms with Gasteiger partial charge in [0, 0.05) is 12.6 Å². The number of furan rings is 1. The fourth-order valence-corrected chi connectivity index (χ4v) is 2.37. The molecule has 1 aliphatic carbocycles. The van der Waals surface area contributed by atoms with Crippen molar-refractivity contribution in [3.63, 3.8) is 0 Å². The number of amides is 1. The van der Waals surface area contributed by atoms with Crippen molar-refractivity contribution in [1.29, 1.82) is 0 Å². The largest absolute Gasteiger partial charge is 0.475 e. The van der Waals surface area contributed by atoms with Crippen LogP contribution >= 0.6 is 0 Å².